The largest absolute Gasteiger partial charge is 0.486 e. The maximum Gasteiger partial charge on any atom is 0.125 e. The number of hydrogen-bond acceptors (Lipinski definition) is 2. The molecule has 1 saturated carbocycles. The fourth-order valence-electron chi connectivity index (χ4n) is 3.85. The molecule has 1 unspecified atom stereocenters. The minimum Gasteiger partial charge on any atom is -0.486 e. The number of benzene rings is 1. The summed E-state index contributed by atoms with van der Waals surface area (Å²) in [4.78, 5) is 0. The van der Waals surface area contributed by atoms with Crippen molar-refractivity contribution in [2.75, 3.05) is 0 Å². The molecule has 1 aromatic rings. The van der Waals surface area contributed by atoms with E-state index in [1.54, 1.807) is 0 Å². The Morgan fingerprint density at radius 1 is 1.15 bits per heavy atom. The van der Waals surface area contributed by atoms with E-state index >= 15 is 0 Å². The molecule has 0 saturated heterocycles. The topological polar surface area (TPSA) is 21.3 Å². The van der Waals surface area contributed by atoms with Crippen LogP contribution in [0.1, 0.15) is 64.5 Å². The van der Waals surface area contributed by atoms with E-state index in [-0.39, 0.29) is 5.60 Å². The second-order valence-corrected chi connectivity index (χ2v) is 7.03. The quantitative estimate of drug-likeness (QED) is 0.878. The van der Waals surface area contributed by atoms with Crippen LogP contribution in [-0.4, -0.2) is 11.6 Å². The van der Waals surface area contributed by atoms with Crippen LogP contribution >= 0.6 is 0 Å². The predicted octanol–water partition coefficient (Wildman–Crippen LogP) is 4.46. The lowest BCUT2D eigenvalue weighted by molar-refractivity contribution is 0.0851. The zero-order chi connectivity index (χ0) is 14.2. The molecule has 20 heavy (non-hydrogen) atoms. The molecule has 1 fully saturated rings. The molecule has 0 bridgehead atoms. The van der Waals surface area contributed by atoms with Crippen molar-refractivity contribution in [3.63, 3.8) is 0 Å². The van der Waals surface area contributed by atoms with Crippen molar-refractivity contribution in [2.45, 2.75) is 70.6 Å². The van der Waals surface area contributed by atoms with E-state index in [4.69, 9.17) is 4.74 Å². The summed E-state index contributed by atoms with van der Waals surface area (Å²) >= 11 is 0. The highest BCUT2D eigenvalue weighted by atomic mass is 16.5. The van der Waals surface area contributed by atoms with Gasteiger partial charge in [0.25, 0.3) is 0 Å². The third-order valence-electron chi connectivity index (χ3n) is 5.08. The number of fused-ring (bicyclic) bond motifs is 1. The van der Waals surface area contributed by atoms with Crippen LogP contribution < -0.4 is 10.1 Å². The molecule has 0 aromatic heterocycles. The van der Waals surface area contributed by atoms with Gasteiger partial charge in [-0.3, -0.25) is 0 Å². The summed E-state index contributed by atoms with van der Waals surface area (Å²) in [5.41, 5.74) is 1.16. The molecule has 110 valence electrons. The molecule has 1 N–H and O–H groups in total. The first kappa shape index (κ1) is 13.9. The number of para-hydroxylation sites is 1. The molecule has 3 rings (SSSR count). The van der Waals surface area contributed by atoms with Crippen molar-refractivity contribution in [2.24, 2.45) is 5.92 Å². The highest BCUT2D eigenvalue weighted by molar-refractivity contribution is 5.42. The van der Waals surface area contributed by atoms with Gasteiger partial charge in [0.2, 0.25) is 0 Å². The second kappa shape index (κ2) is 5.40. The smallest absolute Gasteiger partial charge is 0.125 e. The summed E-state index contributed by atoms with van der Waals surface area (Å²) in [5.74, 6) is 1.87. The minimum absolute atomic E-state index is 0.160. The van der Waals surface area contributed by atoms with E-state index < -0.39 is 0 Å². The van der Waals surface area contributed by atoms with E-state index in [1.807, 2.05) is 0 Å². The van der Waals surface area contributed by atoms with Crippen LogP contribution in [0, 0.1) is 5.92 Å². The number of rotatable bonds is 3. The first-order chi connectivity index (χ1) is 9.58. The van der Waals surface area contributed by atoms with Gasteiger partial charge in [0.15, 0.2) is 0 Å². The van der Waals surface area contributed by atoms with Crippen LogP contribution in [0.4, 0.5) is 0 Å². The Morgan fingerprint density at radius 2 is 1.85 bits per heavy atom. The van der Waals surface area contributed by atoms with Crippen molar-refractivity contribution in [3.8, 4) is 5.75 Å². The Morgan fingerprint density at radius 3 is 2.60 bits per heavy atom. The molecule has 2 heteroatoms. The van der Waals surface area contributed by atoms with E-state index in [0.29, 0.717) is 12.1 Å². The van der Waals surface area contributed by atoms with Crippen LogP contribution in [0.5, 0.6) is 5.75 Å². The fourth-order valence-corrected chi connectivity index (χ4v) is 3.85. The molecule has 1 aliphatic carbocycles. The first-order valence-corrected chi connectivity index (χ1v) is 8.12. The Labute approximate surface area is 122 Å². The first-order valence-electron chi connectivity index (χ1n) is 8.12. The minimum atomic E-state index is -0.160. The van der Waals surface area contributed by atoms with Crippen LogP contribution in [0.3, 0.4) is 0 Å². The normalized spacial score (nSPS) is 26.9. The van der Waals surface area contributed by atoms with Gasteiger partial charge in [-0.2, -0.15) is 0 Å². The van der Waals surface area contributed by atoms with Gasteiger partial charge in [-0.25, -0.2) is 0 Å². The molecule has 0 amide bonds. The molecular weight excluding hydrogens is 246 g/mol. The molecule has 2 aliphatic rings. The number of hydrogen-bond donors (Lipinski definition) is 1. The van der Waals surface area contributed by atoms with E-state index in [2.05, 4.69) is 50.4 Å². The summed E-state index contributed by atoms with van der Waals surface area (Å²) in [6, 6.07) is 9.33. The summed E-state index contributed by atoms with van der Waals surface area (Å²) in [5, 5.41) is 3.87. The van der Waals surface area contributed by atoms with Crippen LogP contribution in [0.2, 0.25) is 0 Å². The second-order valence-electron chi connectivity index (χ2n) is 7.03. The highest BCUT2D eigenvalue weighted by Crippen LogP contribution is 2.43. The fraction of sp³-hybridized carbons (Fsp3) is 0.667. The standard InChI is InChI=1S/C18H27NO/c1-13(14-9-5-4-6-10-14)19-17-15-11-7-8-12-16(15)20-18(17,2)3/h7-8,11-14,17,19H,4-6,9-10H2,1-3H3/t13-,17?/m0/s1. The van der Waals surface area contributed by atoms with Crippen molar-refractivity contribution in [1.82, 2.24) is 5.32 Å². The van der Waals surface area contributed by atoms with Gasteiger partial charge in [-0.1, -0.05) is 37.5 Å². The third kappa shape index (κ3) is 2.58. The van der Waals surface area contributed by atoms with Gasteiger partial charge in [0.1, 0.15) is 11.4 Å². The van der Waals surface area contributed by atoms with Gasteiger partial charge >= 0.3 is 0 Å². The monoisotopic (exact) mass is 273 g/mol. The lowest BCUT2D eigenvalue weighted by Crippen LogP contribution is -2.45. The lowest BCUT2D eigenvalue weighted by atomic mass is 9.83. The summed E-state index contributed by atoms with van der Waals surface area (Å²) in [6.07, 6.45) is 6.98. The van der Waals surface area contributed by atoms with Crippen molar-refractivity contribution < 1.29 is 4.74 Å². The highest BCUT2D eigenvalue weighted by Gasteiger charge is 2.42. The Bertz CT molecular complexity index is 462. The molecule has 2 nitrogen and oxygen atoms in total. The molecular formula is C18H27NO. The van der Waals surface area contributed by atoms with Crippen LogP contribution in [-0.2, 0) is 0 Å². The average Bonchev–Trinajstić information content (AvgIpc) is 2.70. The van der Waals surface area contributed by atoms with E-state index in [1.165, 1.54) is 37.7 Å². The maximum atomic E-state index is 6.13. The van der Waals surface area contributed by atoms with Gasteiger partial charge < -0.3 is 10.1 Å². The molecule has 1 heterocycles. The van der Waals surface area contributed by atoms with E-state index in [0.717, 1.165) is 11.7 Å². The number of nitrogens with one attached hydrogen (secondary N) is 1. The van der Waals surface area contributed by atoms with Crippen molar-refractivity contribution in [3.05, 3.63) is 29.8 Å². The zero-order valence-electron chi connectivity index (χ0n) is 13.0. The zero-order valence-corrected chi connectivity index (χ0v) is 13.0. The number of ether oxygens (including phenoxy) is 1. The summed E-state index contributed by atoms with van der Waals surface area (Å²) < 4.78 is 6.13. The van der Waals surface area contributed by atoms with Crippen molar-refractivity contribution >= 4 is 0 Å². The van der Waals surface area contributed by atoms with Gasteiger partial charge in [-0.15, -0.1) is 0 Å². The van der Waals surface area contributed by atoms with Gasteiger partial charge in [0, 0.05) is 11.6 Å². The molecule has 2 atom stereocenters. The molecule has 1 aliphatic heterocycles. The Kier molecular flexibility index (Phi) is 3.76. The maximum absolute atomic E-state index is 6.13. The van der Waals surface area contributed by atoms with Crippen LogP contribution in [0.25, 0.3) is 0 Å². The summed E-state index contributed by atoms with van der Waals surface area (Å²) in [7, 11) is 0. The Balaban J connectivity index is 1.75. The SMILES string of the molecule is C[C@H](NC1c2ccccc2OC1(C)C)C1CCCCC1. The predicted molar refractivity (Wildman–Crippen MR) is 83.1 cm³/mol. The van der Waals surface area contributed by atoms with Crippen molar-refractivity contribution in [1.29, 1.82) is 0 Å². The summed E-state index contributed by atoms with van der Waals surface area (Å²) in [6.45, 7) is 6.74. The molecule has 0 radical (unpaired) electrons. The lowest BCUT2D eigenvalue weighted by Gasteiger charge is -2.34. The molecule has 1 aromatic carbocycles. The van der Waals surface area contributed by atoms with E-state index in [9.17, 15) is 0 Å². The average molecular weight is 273 g/mol. The Hall–Kier alpha value is -1.02. The third-order valence-corrected chi connectivity index (χ3v) is 5.08. The van der Waals surface area contributed by atoms with Crippen LogP contribution in [0.15, 0.2) is 24.3 Å². The molecule has 0 spiro atoms. The van der Waals surface area contributed by atoms with Gasteiger partial charge in [-0.05, 0) is 45.6 Å². The van der Waals surface area contributed by atoms with Gasteiger partial charge in [0.05, 0.1) is 6.04 Å².